The third kappa shape index (κ3) is 3.71. The second-order valence-corrected chi connectivity index (χ2v) is 5.95. The minimum absolute atomic E-state index is 0.0260. The highest BCUT2D eigenvalue weighted by Crippen LogP contribution is 2.18. The fraction of sp³-hybridized carbons (Fsp3) is 0.111. The normalized spacial score (nSPS) is 10.9. The predicted octanol–water partition coefficient (Wildman–Crippen LogP) is 4.03. The average Bonchev–Trinajstić information content (AvgIpc) is 2.61. The number of carbonyl (C=O) groups excluding carboxylic acids is 1. The van der Waals surface area contributed by atoms with Crippen LogP contribution in [0, 0.1) is 13.8 Å². The van der Waals surface area contributed by atoms with E-state index >= 15 is 0 Å². The van der Waals surface area contributed by atoms with Crippen LogP contribution in [0.4, 0.5) is 0 Å². The molecule has 0 saturated carbocycles. The van der Waals surface area contributed by atoms with Crippen molar-refractivity contribution in [2.75, 3.05) is 0 Å². The Hall–Kier alpha value is -2.20. The Kier molecular flexibility index (Phi) is 4.93. The third-order valence-electron chi connectivity index (χ3n) is 3.39. The molecule has 0 bridgehead atoms. The smallest absolute Gasteiger partial charge is 0.220 e. The van der Waals surface area contributed by atoms with Crippen LogP contribution in [-0.4, -0.2) is 10.9 Å². The number of halogens is 1. The molecule has 22 heavy (non-hydrogen) atoms. The summed E-state index contributed by atoms with van der Waals surface area (Å²) in [6, 6.07) is 10.00. The topological polar surface area (TPSA) is 54.4 Å². The fourth-order valence-corrected chi connectivity index (χ4v) is 2.30. The van der Waals surface area contributed by atoms with Crippen LogP contribution in [0.5, 0.6) is 5.75 Å². The van der Waals surface area contributed by atoms with Crippen molar-refractivity contribution in [3.8, 4) is 5.75 Å². The summed E-state index contributed by atoms with van der Waals surface area (Å²) in [5.41, 5.74) is 2.58. The first kappa shape index (κ1) is 16.2. The van der Waals surface area contributed by atoms with Gasteiger partial charge in [-0.05, 0) is 54.8 Å². The van der Waals surface area contributed by atoms with Crippen LogP contribution in [0.3, 0.4) is 0 Å². The van der Waals surface area contributed by atoms with Crippen LogP contribution in [0.2, 0.25) is 0 Å². The maximum Gasteiger partial charge on any atom is 0.220 e. The van der Waals surface area contributed by atoms with Gasteiger partial charge in [-0.15, -0.1) is 0 Å². The van der Waals surface area contributed by atoms with E-state index in [1.54, 1.807) is 6.08 Å². The Bertz CT molecular complexity index is 823. The molecule has 0 saturated heterocycles. The van der Waals surface area contributed by atoms with Crippen molar-refractivity contribution in [1.82, 2.24) is 0 Å². The predicted molar refractivity (Wildman–Crippen MR) is 91.4 cm³/mol. The molecule has 2 rings (SSSR count). The van der Waals surface area contributed by atoms with Crippen molar-refractivity contribution >= 4 is 27.8 Å². The van der Waals surface area contributed by atoms with Gasteiger partial charge >= 0.3 is 0 Å². The molecule has 0 radical (unpaired) electrons. The lowest BCUT2D eigenvalue weighted by Gasteiger charge is -2.01. The molecule has 4 heteroatoms. The Balaban J connectivity index is 2.37. The molecule has 0 atom stereocenters. The van der Waals surface area contributed by atoms with E-state index in [2.05, 4.69) is 15.9 Å². The van der Waals surface area contributed by atoms with Gasteiger partial charge in [-0.2, -0.15) is 0 Å². The molecule has 0 amide bonds. The first-order valence-corrected chi connectivity index (χ1v) is 7.50. The van der Waals surface area contributed by atoms with Crippen LogP contribution in [-0.2, 0) is 0 Å². The summed E-state index contributed by atoms with van der Waals surface area (Å²) < 4.78 is 0.549. The minimum Gasteiger partial charge on any atom is -0.504 e. The summed E-state index contributed by atoms with van der Waals surface area (Å²) in [6.07, 6.45) is 3.02. The number of rotatable bonds is 3. The SMILES string of the molecule is Cc1ccc(/C=C\C(=O)c2cc(Br)ccc(=O)c2O)cc1C. The number of aryl methyl sites for hydroxylation is 2. The summed E-state index contributed by atoms with van der Waals surface area (Å²) in [4.78, 5) is 23.8. The highest BCUT2D eigenvalue weighted by molar-refractivity contribution is 9.10. The number of allylic oxidation sites excluding steroid dienone is 1. The molecule has 0 aliphatic rings. The Morgan fingerprint density at radius 1 is 1.09 bits per heavy atom. The molecule has 0 heterocycles. The first-order valence-electron chi connectivity index (χ1n) is 6.71. The van der Waals surface area contributed by atoms with Gasteiger partial charge in [-0.1, -0.05) is 40.2 Å². The van der Waals surface area contributed by atoms with Crippen molar-refractivity contribution in [2.45, 2.75) is 13.8 Å². The molecular weight excluding hydrogens is 344 g/mol. The van der Waals surface area contributed by atoms with Crippen molar-refractivity contribution in [3.05, 3.63) is 79.4 Å². The van der Waals surface area contributed by atoms with Gasteiger partial charge in [0.15, 0.2) is 11.5 Å². The van der Waals surface area contributed by atoms with Crippen LogP contribution < -0.4 is 5.43 Å². The highest BCUT2D eigenvalue weighted by Gasteiger charge is 2.10. The summed E-state index contributed by atoms with van der Waals surface area (Å²) in [5, 5.41) is 9.84. The quantitative estimate of drug-likeness (QED) is 0.665. The number of carbonyl (C=O) groups is 1. The monoisotopic (exact) mass is 358 g/mol. The van der Waals surface area contributed by atoms with Gasteiger partial charge in [0.05, 0.1) is 5.56 Å². The van der Waals surface area contributed by atoms with Gasteiger partial charge in [-0.25, -0.2) is 0 Å². The van der Waals surface area contributed by atoms with E-state index in [-0.39, 0.29) is 5.56 Å². The molecule has 1 N–H and O–H groups in total. The second-order valence-electron chi connectivity index (χ2n) is 5.03. The summed E-state index contributed by atoms with van der Waals surface area (Å²) in [7, 11) is 0. The largest absolute Gasteiger partial charge is 0.504 e. The van der Waals surface area contributed by atoms with Crippen molar-refractivity contribution in [1.29, 1.82) is 0 Å². The lowest BCUT2D eigenvalue weighted by Crippen LogP contribution is -2.01. The van der Waals surface area contributed by atoms with Gasteiger partial charge in [0.25, 0.3) is 0 Å². The van der Waals surface area contributed by atoms with Crippen molar-refractivity contribution < 1.29 is 9.90 Å². The van der Waals surface area contributed by atoms with Gasteiger partial charge in [-0.3, -0.25) is 9.59 Å². The summed E-state index contributed by atoms with van der Waals surface area (Å²) in [5.74, 6) is -0.967. The number of aromatic hydroxyl groups is 1. The highest BCUT2D eigenvalue weighted by atomic mass is 79.9. The molecule has 2 aromatic carbocycles. The van der Waals surface area contributed by atoms with Crippen LogP contribution in [0.1, 0.15) is 27.0 Å². The maximum atomic E-state index is 12.2. The molecule has 3 nitrogen and oxygen atoms in total. The first-order chi connectivity index (χ1) is 10.4. The molecule has 0 aliphatic carbocycles. The lowest BCUT2D eigenvalue weighted by molar-refractivity contribution is 0.104. The molecule has 0 aliphatic heterocycles. The molecule has 0 spiro atoms. The Morgan fingerprint density at radius 2 is 1.82 bits per heavy atom. The molecular formula is C18H15BrO3. The van der Waals surface area contributed by atoms with Crippen LogP contribution in [0.25, 0.3) is 6.08 Å². The molecule has 112 valence electrons. The maximum absolute atomic E-state index is 12.2. The van der Waals surface area contributed by atoms with E-state index in [0.29, 0.717) is 4.47 Å². The van der Waals surface area contributed by atoms with Gasteiger partial charge in [0.1, 0.15) is 0 Å². The van der Waals surface area contributed by atoms with E-state index in [9.17, 15) is 14.7 Å². The Labute approximate surface area is 137 Å². The van der Waals surface area contributed by atoms with E-state index in [1.807, 2.05) is 32.0 Å². The summed E-state index contributed by atoms with van der Waals surface area (Å²) >= 11 is 3.22. The van der Waals surface area contributed by atoms with Crippen molar-refractivity contribution in [2.24, 2.45) is 0 Å². The van der Waals surface area contributed by atoms with Gasteiger partial charge < -0.3 is 5.11 Å². The third-order valence-corrected chi connectivity index (χ3v) is 3.88. The van der Waals surface area contributed by atoms with E-state index in [0.717, 1.165) is 11.1 Å². The zero-order valence-corrected chi connectivity index (χ0v) is 13.8. The van der Waals surface area contributed by atoms with E-state index in [4.69, 9.17) is 0 Å². The number of ketones is 1. The molecule has 0 unspecified atom stereocenters. The van der Waals surface area contributed by atoms with Crippen LogP contribution >= 0.6 is 15.9 Å². The molecule has 2 aromatic rings. The van der Waals surface area contributed by atoms with Crippen molar-refractivity contribution in [3.63, 3.8) is 0 Å². The van der Waals surface area contributed by atoms with E-state index in [1.165, 1.54) is 29.8 Å². The van der Waals surface area contributed by atoms with Gasteiger partial charge in [0.2, 0.25) is 5.43 Å². The number of hydrogen-bond donors (Lipinski definition) is 1. The zero-order chi connectivity index (χ0) is 16.3. The van der Waals surface area contributed by atoms with Crippen LogP contribution in [0.15, 0.2) is 51.7 Å². The Morgan fingerprint density at radius 3 is 2.50 bits per heavy atom. The number of hydrogen-bond acceptors (Lipinski definition) is 3. The average molecular weight is 359 g/mol. The fourth-order valence-electron chi connectivity index (χ4n) is 1.94. The number of benzene rings is 1. The zero-order valence-electron chi connectivity index (χ0n) is 12.3. The van der Waals surface area contributed by atoms with E-state index < -0.39 is 17.0 Å². The molecule has 0 aromatic heterocycles. The summed E-state index contributed by atoms with van der Waals surface area (Å²) in [6.45, 7) is 4.02. The lowest BCUT2D eigenvalue weighted by atomic mass is 10.0. The van der Waals surface area contributed by atoms with Gasteiger partial charge in [0, 0.05) is 4.47 Å². The molecule has 0 fully saturated rings. The standard InChI is InChI=1S/C18H15BrO3/c1-11-3-4-13(9-12(11)2)5-7-16(20)15-10-14(19)6-8-17(21)18(15)22/h3-10H,1-2H3,(H,21,22)/b7-5-. The minimum atomic E-state index is -0.589. The second kappa shape index (κ2) is 6.71.